The van der Waals surface area contributed by atoms with Crippen LogP contribution in [0.4, 0.5) is 0 Å². The van der Waals surface area contributed by atoms with E-state index in [2.05, 4.69) is 10.3 Å². The van der Waals surface area contributed by atoms with Crippen molar-refractivity contribution in [1.29, 1.82) is 0 Å². The van der Waals surface area contributed by atoms with Gasteiger partial charge in [0.15, 0.2) is 11.5 Å². The molecule has 0 N–H and O–H groups in total. The van der Waals surface area contributed by atoms with Crippen LogP contribution in [0.5, 0.6) is 0 Å². The normalized spacial score (nSPS) is 19.9. The minimum Gasteiger partial charge on any atom is -0.385 e. The first-order chi connectivity index (χ1) is 14.5. The summed E-state index contributed by atoms with van der Waals surface area (Å²) in [5, 5.41) is 8.72. The zero-order valence-corrected chi connectivity index (χ0v) is 18.1. The van der Waals surface area contributed by atoms with Crippen LogP contribution in [0.1, 0.15) is 65.9 Å². The molecule has 0 atom stereocenters. The van der Waals surface area contributed by atoms with Gasteiger partial charge in [-0.05, 0) is 45.1 Å². The molecule has 1 amide bonds. The largest absolute Gasteiger partial charge is 0.385 e. The van der Waals surface area contributed by atoms with Crippen LogP contribution in [0, 0.1) is 6.92 Å². The molecule has 9 nitrogen and oxygen atoms in total. The van der Waals surface area contributed by atoms with Gasteiger partial charge in [0.25, 0.3) is 5.91 Å². The van der Waals surface area contributed by atoms with Crippen LogP contribution in [-0.4, -0.2) is 70.7 Å². The maximum atomic E-state index is 12.9. The molecule has 0 saturated carbocycles. The van der Waals surface area contributed by atoms with E-state index in [1.165, 1.54) is 0 Å². The number of piperidine rings is 1. The highest BCUT2D eigenvalue weighted by Crippen LogP contribution is 2.38. The van der Waals surface area contributed by atoms with E-state index in [-0.39, 0.29) is 17.2 Å². The number of carbonyl (C=O) groups excluding carboxylic acids is 1. The Morgan fingerprint density at radius 2 is 2.03 bits per heavy atom. The summed E-state index contributed by atoms with van der Waals surface area (Å²) < 4.78 is 18.2. The molecule has 2 aromatic heterocycles. The van der Waals surface area contributed by atoms with Crippen LogP contribution in [0.25, 0.3) is 0 Å². The smallest absolute Gasteiger partial charge is 0.274 e. The monoisotopic (exact) mass is 417 g/mol. The zero-order chi connectivity index (χ0) is 21.1. The number of hydrogen-bond donors (Lipinski definition) is 0. The van der Waals surface area contributed by atoms with Crippen LogP contribution >= 0.6 is 0 Å². The van der Waals surface area contributed by atoms with Crippen molar-refractivity contribution in [1.82, 2.24) is 24.8 Å². The van der Waals surface area contributed by atoms with Crippen molar-refractivity contribution in [2.75, 3.05) is 40.0 Å². The van der Waals surface area contributed by atoms with Crippen LogP contribution in [0.3, 0.4) is 0 Å². The number of rotatable bonds is 6. The molecular weight excluding hydrogens is 386 g/mol. The molecule has 2 fully saturated rings. The summed E-state index contributed by atoms with van der Waals surface area (Å²) in [6.07, 6.45) is 4.19. The summed E-state index contributed by atoms with van der Waals surface area (Å²) in [6.45, 7) is 5.32. The average Bonchev–Trinajstić information content (AvgIpc) is 3.40. The Labute approximate surface area is 176 Å². The maximum Gasteiger partial charge on any atom is 0.274 e. The lowest BCUT2D eigenvalue weighted by atomic mass is 9.75. The van der Waals surface area contributed by atoms with Crippen LogP contribution in [0.2, 0.25) is 0 Å². The van der Waals surface area contributed by atoms with Crippen LogP contribution in [-0.2, 0) is 21.9 Å². The quantitative estimate of drug-likeness (QED) is 0.711. The van der Waals surface area contributed by atoms with Crippen LogP contribution < -0.4 is 0 Å². The van der Waals surface area contributed by atoms with E-state index >= 15 is 0 Å². The fourth-order valence-electron chi connectivity index (χ4n) is 4.41. The Bertz CT molecular complexity index is 843. The predicted molar refractivity (Wildman–Crippen MR) is 108 cm³/mol. The van der Waals surface area contributed by atoms with Gasteiger partial charge in [-0.3, -0.25) is 9.48 Å². The number of aromatic nitrogens is 4. The summed E-state index contributed by atoms with van der Waals surface area (Å²) in [5.41, 5.74) is 1.23. The molecule has 0 spiro atoms. The van der Waals surface area contributed by atoms with E-state index in [0.717, 1.165) is 56.8 Å². The molecule has 0 aromatic carbocycles. The third-order valence-electron chi connectivity index (χ3n) is 6.61. The molecule has 4 rings (SSSR count). The fraction of sp³-hybridized carbons (Fsp3) is 0.714. The molecular formula is C21H31N5O4. The SMILES string of the molecule is COCCC1(c2noc(C3CCOCC3)n2)CCN(C(=O)c2cc(C)n(C)n2)CC1. The van der Waals surface area contributed by atoms with E-state index in [0.29, 0.717) is 31.3 Å². The Balaban J connectivity index is 1.48. The van der Waals surface area contributed by atoms with Crippen molar-refractivity contribution >= 4 is 5.91 Å². The molecule has 164 valence electrons. The highest BCUT2D eigenvalue weighted by Gasteiger charge is 2.42. The molecule has 2 aromatic rings. The second-order valence-electron chi connectivity index (χ2n) is 8.45. The van der Waals surface area contributed by atoms with Gasteiger partial charge in [0, 0.05) is 64.1 Å². The van der Waals surface area contributed by atoms with Crippen molar-refractivity contribution in [2.24, 2.45) is 7.05 Å². The maximum absolute atomic E-state index is 12.9. The number of methoxy groups -OCH3 is 1. The molecule has 30 heavy (non-hydrogen) atoms. The van der Waals surface area contributed by atoms with Crippen molar-refractivity contribution in [2.45, 2.75) is 50.4 Å². The van der Waals surface area contributed by atoms with Gasteiger partial charge in [0.1, 0.15) is 0 Å². The Hall–Kier alpha value is -2.26. The Morgan fingerprint density at radius 1 is 1.30 bits per heavy atom. The lowest BCUT2D eigenvalue weighted by Crippen LogP contribution is -2.46. The van der Waals surface area contributed by atoms with Gasteiger partial charge < -0.3 is 18.9 Å². The second-order valence-corrected chi connectivity index (χ2v) is 8.45. The second kappa shape index (κ2) is 8.85. The summed E-state index contributed by atoms with van der Waals surface area (Å²) in [6, 6.07) is 1.84. The number of amides is 1. The zero-order valence-electron chi connectivity index (χ0n) is 18.1. The molecule has 2 saturated heterocycles. The fourth-order valence-corrected chi connectivity index (χ4v) is 4.41. The van der Waals surface area contributed by atoms with Crippen molar-refractivity contribution < 1.29 is 18.8 Å². The van der Waals surface area contributed by atoms with E-state index in [1.54, 1.807) is 11.8 Å². The Morgan fingerprint density at radius 3 is 2.67 bits per heavy atom. The van der Waals surface area contributed by atoms with Gasteiger partial charge in [-0.2, -0.15) is 10.1 Å². The van der Waals surface area contributed by atoms with Crippen molar-refractivity contribution in [3.8, 4) is 0 Å². The number of likely N-dealkylation sites (tertiary alicyclic amines) is 1. The minimum absolute atomic E-state index is 0.0185. The average molecular weight is 418 g/mol. The van der Waals surface area contributed by atoms with Crippen molar-refractivity contribution in [3.63, 3.8) is 0 Å². The lowest BCUT2D eigenvalue weighted by Gasteiger charge is -2.39. The van der Waals surface area contributed by atoms with E-state index in [1.807, 2.05) is 24.9 Å². The third-order valence-corrected chi connectivity index (χ3v) is 6.61. The number of ether oxygens (including phenoxy) is 2. The molecule has 9 heteroatoms. The number of nitrogens with zero attached hydrogens (tertiary/aromatic N) is 5. The number of aryl methyl sites for hydroxylation is 2. The van der Waals surface area contributed by atoms with Gasteiger partial charge >= 0.3 is 0 Å². The van der Waals surface area contributed by atoms with Gasteiger partial charge in [-0.1, -0.05) is 5.16 Å². The molecule has 2 aliphatic rings. The first-order valence-electron chi connectivity index (χ1n) is 10.7. The molecule has 4 heterocycles. The van der Waals surface area contributed by atoms with E-state index in [9.17, 15) is 4.79 Å². The predicted octanol–water partition coefficient (Wildman–Crippen LogP) is 2.22. The summed E-state index contributed by atoms with van der Waals surface area (Å²) in [4.78, 5) is 19.6. The van der Waals surface area contributed by atoms with Gasteiger partial charge in [-0.15, -0.1) is 0 Å². The highest BCUT2D eigenvalue weighted by atomic mass is 16.5. The summed E-state index contributed by atoms with van der Waals surface area (Å²) in [5.74, 6) is 1.72. The van der Waals surface area contributed by atoms with Crippen molar-refractivity contribution in [3.05, 3.63) is 29.2 Å². The third kappa shape index (κ3) is 4.13. The van der Waals surface area contributed by atoms with Gasteiger partial charge in [0.2, 0.25) is 5.89 Å². The standard InChI is InChI=1S/C21H31N5O4/c1-15-14-17(23-25(15)2)19(27)26-9-6-21(7-10-26,8-13-28-3)20-22-18(30-24-20)16-4-11-29-12-5-16/h14,16H,4-13H2,1-3H3. The first-order valence-corrected chi connectivity index (χ1v) is 10.7. The molecule has 2 aliphatic heterocycles. The molecule has 0 aliphatic carbocycles. The molecule has 0 radical (unpaired) electrons. The Kier molecular flexibility index (Phi) is 6.19. The van der Waals surface area contributed by atoms with E-state index < -0.39 is 0 Å². The molecule has 0 bridgehead atoms. The lowest BCUT2D eigenvalue weighted by molar-refractivity contribution is 0.0609. The topological polar surface area (TPSA) is 95.5 Å². The first kappa shape index (κ1) is 21.0. The highest BCUT2D eigenvalue weighted by molar-refractivity contribution is 5.92. The minimum atomic E-state index is -0.236. The van der Waals surface area contributed by atoms with E-state index in [4.69, 9.17) is 19.0 Å². The molecule has 0 unspecified atom stereocenters. The number of hydrogen-bond acceptors (Lipinski definition) is 7. The van der Waals surface area contributed by atoms with Gasteiger partial charge in [0.05, 0.1) is 0 Å². The van der Waals surface area contributed by atoms with Crippen LogP contribution in [0.15, 0.2) is 10.6 Å². The number of carbonyl (C=O) groups is 1. The summed E-state index contributed by atoms with van der Waals surface area (Å²) >= 11 is 0. The summed E-state index contributed by atoms with van der Waals surface area (Å²) in [7, 11) is 3.56. The van der Waals surface area contributed by atoms with Gasteiger partial charge in [-0.25, -0.2) is 0 Å².